The second-order valence-electron chi connectivity index (χ2n) is 6.76. The second-order valence-corrected chi connectivity index (χ2v) is 6.76. The molecule has 1 N–H and O–H groups in total. The lowest BCUT2D eigenvalue weighted by molar-refractivity contribution is -0.137. The Hall–Kier alpha value is -3.87. The molecule has 0 aliphatic rings. The number of benzene rings is 3. The molecule has 0 saturated carbocycles. The Kier molecular flexibility index (Phi) is 4.17. The zero-order chi connectivity index (χ0) is 20.7. The summed E-state index contributed by atoms with van der Waals surface area (Å²) in [5.74, 6) is 0.566. The minimum atomic E-state index is -4.40. The van der Waals surface area contributed by atoms with Crippen LogP contribution in [0.1, 0.15) is 5.56 Å². The lowest BCUT2D eigenvalue weighted by Gasteiger charge is -2.06. The average molecular weight is 405 g/mol. The van der Waals surface area contributed by atoms with Crippen molar-refractivity contribution < 1.29 is 17.6 Å². The van der Waals surface area contributed by atoms with Crippen LogP contribution in [0.3, 0.4) is 0 Å². The van der Waals surface area contributed by atoms with Crippen molar-refractivity contribution in [3.8, 4) is 11.4 Å². The van der Waals surface area contributed by atoms with Gasteiger partial charge in [-0.2, -0.15) is 13.2 Å². The maximum absolute atomic E-state index is 12.8. The molecule has 5 rings (SSSR count). The van der Waals surface area contributed by atoms with Crippen molar-refractivity contribution in [1.82, 2.24) is 9.97 Å². The van der Waals surface area contributed by atoms with E-state index in [0.29, 0.717) is 22.7 Å². The quantitative estimate of drug-likeness (QED) is 0.379. The van der Waals surface area contributed by atoms with Crippen LogP contribution in [0.25, 0.3) is 33.4 Å². The molecule has 0 bridgehead atoms. The van der Waals surface area contributed by atoms with E-state index >= 15 is 0 Å². The Labute approximate surface area is 168 Å². The van der Waals surface area contributed by atoms with Gasteiger partial charge < -0.3 is 9.40 Å². The minimum absolute atomic E-state index is 0.257. The Morgan fingerprint density at radius 1 is 0.867 bits per heavy atom. The summed E-state index contributed by atoms with van der Waals surface area (Å²) in [6.45, 7) is 0. The predicted molar refractivity (Wildman–Crippen MR) is 108 cm³/mol. The fourth-order valence-corrected chi connectivity index (χ4v) is 3.24. The summed E-state index contributed by atoms with van der Waals surface area (Å²) in [4.78, 5) is 12.3. The van der Waals surface area contributed by atoms with Crippen LogP contribution in [0.2, 0.25) is 0 Å². The van der Waals surface area contributed by atoms with Crippen LogP contribution in [0, 0.1) is 0 Å². The molecule has 4 nitrogen and oxygen atoms in total. The number of para-hydroxylation sites is 3. The average Bonchev–Trinajstić information content (AvgIpc) is 3.17. The van der Waals surface area contributed by atoms with Gasteiger partial charge in [-0.25, -0.2) is 9.98 Å². The van der Waals surface area contributed by atoms with E-state index in [2.05, 4.69) is 15.0 Å². The van der Waals surface area contributed by atoms with E-state index in [1.54, 1.807) is 0 Å². The molecular formula is C23H14F3N3O. The number of H-pyrrole nitrogens is 1. The van der Waals surface area contributed by atoms with Crippen molar-refractivity contribution in [2.45, 2.75) is 6.18 Å². The normalized spacial score (nSPS) is 12.7. The standard InChI is InChI=1S/C23H14F3N3O/c24-23(25,26)15-9-11-16(12-10-15)27-22-17(13-14-5-1-4-8-20(14)30-22)21-28-18-6-2-3-7-19(18)29-21/h1-13H,(H,28,29). The van der Waals surface area contributed by atoms with Gasteiger partial charge >= 0.3 is 6.18 Å². The number of halogens is 3. The van der Waals surface area contributed by atoms with Crippen molar-refractivity contribution in [2.24, 2.45) is 4.99 Å². The third kappa shape index (κ3) is 3.34. The smallest absolute Gasteiger partial charge is 0.416 e. The molecule has 2 heterocycles. The summed E-state index contributed by atoms with van der Waals surface area (Å²) in [5, 5.41) is 0.860. The Morgan fingerprint density at radius 2 is 1.60 bits per heavy atom. The molecule has 0 amide bonds. The number of imidazole rings is 1. The van der Waals surface area contributed by atoms with Gasteiger partial charge in [-0.05, 0) is 48.5 Å². The predicted octanol–water partition coefficient (Wildman–Crippen LogP) is 6.23. The summed E-state index contributed by atoms with van der Waals surface area (Å²) in [7, 11) is 0. The molecule has 2 aromatic heterocycles. The fraction of sp³-hybridized carbons (Fsp3) is 0.0435. The molecule has 30 heavy (non-hydrogen) atoms. The number of rotatable bonds is 2. The van der Waals surface area contributed by atoms with Gasteiger partial charge in [-0.15, -0.1) is 0 Å². The zero-order valence-corrected chi connectivity index (χ0v) is 15.4. The van der Waals surface area contributed by atoms with Gasteiger partial charge in [0.05, 0.1) is 27.8 Å². The van der Waals surface area contributed by atoms with Crippen molar-refractivity contribution in [2.75, 3.05) is 0 Å². The lowest BCUT2D eigenvalue weighted by atomic mass is 10.1. The van der Waals surface area contributed by atoms with Gasteiger partial charge in [-0.3, -0.25) is 0 Å². The largest absolute Gasteiger partial charge is 0.438 e. The Bertz CT molecular complexity index is 1400. The van der Waals surface area contributed by atoms with E-state index in [-0.39, 0.29) is 5.55 Å². The number of nitrogens with zero attached hydrogens (tertiary/aromatic N) is 2. The molecule has 0 saturated heterocycles. The topological polar surface area (TPSA) is 54.2 Å². The first kappa shape index (κ1) is 18.2. The van der Waals surface area contributed by atoms with Crippen LogP contribution in [-0.4, -0.2) is 9.97 Å². The number of nitrogens with one attached hydrogen (secondary N) is 1. The van der Waals surface area contributed by atoms with E-state index in [0.717, 1.165) is 28.6 Å². The molecule has 0 spiro atoms. The van der Waals surface area contributed by atoms with Gasteiger partial charge in [0.25, 0.3) is 0 Å². The highest BCUT2D eigenvalue weighted by Gasteiger charge is 2.29. The summed E-state index contributed by atoms with van der Waals surface area (Å²) >= 11 is 0. The molecule has 3 aromatic carbocycles. The molecule has 0 aliphatic carbocycles. The SMILES string of the molecule is FC(F)(F)c1ccc(N=c2oc3ccccc3cc2-c2nc3ccccc3[nH]2)cc1. The maximum atomic E-state index is 12.8. The van der Waals surface area contributed by atoms with Crippen molar-refractivity contribution >= 4 is 27.7 Å². The number of hydrogen-bond donors (Lipinski definition) is 1. The van der Waals surface area contributed by atoms with Crippen LogP contribution in [0.5, 0.6) is 0 Å². The first-order chi connectivity index (χ1) is 14.5. The van der Waals surface area contributed by atoms with Gasteiger partial charge in [0.1, 0.15) is 11.4 Å². The fourth-order valence-electron chi connectivity index (χ4n) is 3.24. The molecule has 0 radical (unpaired) electrons. The maximum Gasteiger partial charge on any atom is 0.416 e. The Morgan fingerprint density at radius 3 is 2.37 bits per heavy atom. The lowest BCUT2D eigenvalue weighted by Crippen LogP contribution is -2.07. The van der Waals surface area contributed by atoms with Crippen molar-refractivity contribution in [1.29, 1.82) is 0 Å². The van der Waals surface area contributed by atoms with Gasteiger partial charge in [-0.1, -0.05) is 30.3 Å². The summed E-state index contributed by atoms with van der Waals surface area (Å²) in [5.41, 5.74) is 2.76. The van der Waals surface area contributed by atoms with Crippen molar-refractivity contribution in [3.05, 3.63) is 90.0 Å². The zero-order valence-electron chi connectivity index (χ0n) is 15.4. The molecule has 0 atom stereocenters. The van der Waals surface area contributed by atoms with E-state index in [9.17, 15) is 13.2 Å². The third-order valence-electron chi connectivity index (χ3n) is 4.73. The van der Waals surface area contributed by atoms with Gasteiger partial charge in [0.15, 0.2) is 0 Å². The van der Waals surface area contributed by atoms with Crippen LogP contribution in [0.15, 0.2) is 88.3 Å². The first-order valence-corrected chi connectivity index (χ1v) is 9.17. The summed E-state index contributed by atoms with van der Waals surface area (Å²) in [6.07, 6.45) is -4.40. The monoisotopic (exact) mass is 405 g/mol. The van der Waals surface area contributed by atoms with E-state index in [1.807, 2.05) is 54.6 Å². The Balaban J connectivity index is 1.72. The molecule has 0 unspecified atom stereocenters. The van der Waals surface area contributed by atoms with Gasteiger partial charge in [0, 0.05) is 5.39 Å². The highest BCUT2D eigenvalue weighted by atomic mass is 19.4. The van der Waals surface area contributed by atoms with E-state index < -0.39 is 11.7 Å². The number of aromatic amines is 1. The highest BCUT2D eigenvalue weighted by Crippen LogP contribution is 2.30. The first-order valence-electron chi connectivity index (χ1n) is 9.17. The molecule has 5 aromatic rings. The van der Waals surface area contributed by atoms with Crippen LogP contribution in [-0.2, 0) is 6.18 Å². The summed E-state index contributed by atoms with van der Waals surface area (Å²) < 4.78 is 44.5. The van der Waals surface area contributed by atoms with Crippen LogP contribution < -0.4 is 5.55 Å². The number of alkyl halides is 3. The minimum Gasteiger partial charge on any atom is -0.438 e. The molecular weight excluding hydrogens is 391 g/mol. The molecule has 148 valence electrons. The third-order valence-corrected chi connectivity index (χ3v) is 4.73. The van der Waals surface area contributed by atoms with Crippen LogP contribution in [0.4, 0.5) is 18.9 Å². The molecule has 7 heteroatoms. The number of aromatic nitrogens is 2. The summed E-state index contributed by atoms with van der Waals surface area (Å²) in [6, 6.07) is 21.6. The molecule has 0 fully saturated rings. The van der Waals surface area contributed by atoms with E-state index in [1.165, 1.54) is 12.1 Å². The van der Waals surface area contributed by atoms with E-state index in [4.69, 9.17) is 4.42 Å². The van der Waals surface area contributed by atoms with Gasteiger partial charge in [0.2, 0.25) is 5.55 Å². The van der Waals surface area contributed by atoms with Crippen LogP contribution >= 0.6 is 0 Å². The second kappa shape index (κ2) is 6.88. The number of fused-ring (bicyclic) bond motifs is 2. The van der Waals surface area contributed by atoms with Crippen molar-refractivity contribution in [3.63, 3.8) is 0 Å². The number of hydrogen-bond acceptors (Lipinski definition) is 3. The molecule has 0 aliphatic heterocycles. The highest BCUT2D eigenvalue weighted by molar-refractivity contribution is 5.83.